The molecular formula is C15H15N5O2. The number of carbonyl (C=O) groups excluding carboxylic acids is 1. The molecule has 7 nitrogen and oxygen atoms in total. The Bertz CT molecular complexity index is 825. The van der Waals surface area contributed by atoms with Crippen LogP contribution in [0.2, 0.25) is 0 Å². The monoisotopic (exact) mass is 297 g/mol. The van der Waals surface area contributed by atoms with E-state index in [9.17, 15) is 9.90 Å². The summed E-state index contributed by atoms with van der Waals surface area (Å²) in [6, 6.07) is 7.49. The molecule has 3 heterocycles. The second-order valence-electron chi connectivity index (χ2n) is 5.61. The molecular weight excluding hydrogens is 282 g/mol. The quantitative estimate of drug-likeness (QED) is 0.657. The van der Waals surface area contributed by atoms with Gasteiger partial charge >= 0.3 is 0 Å². The van der Waals surface area contributed by atoms with Crippen LogP contribution in [0.3, 0.4) is 0 Å². The number of hydrogen-bond donors (Lipinski definition) is 3. The molecule has 3 aromatic rings. The summed E-state index contributed by atoms with van der Waals surface area (Å²) in [7, 11) is 0. The second-order valence-corrected chi connectivity index (χ2v) is 5.61. The van der Waals surface area contributed by atoms with Gasteiger partial charge in [0.2, 0.25) is 0 Å². The summed E-state index contributed by atoms with van der Waals surface area (Å²) in [5.41, 5.74) is 0.914. The van der Waals surface area contributed by atoms with Gasteiger partial charge in [-0.3, -0.25) is 4.79 Å². The van der Waals surface area contributed by atoms with Gasteiger partial charge in [0.1, 0.15) is 11.3 Å². The van der Waals surface area contributed by atoms with E-state index in [1.807, 2.05) is 30.5 Å². The highest BCUT2D eigenvalue weighted by atomic mass is 16.3. The van der Waals surface area contributed by atoms with Crippen LogP contribution in [0, 0.1) is 0 Å². The first kappa shape index (κ1) is 13.0. The maximum Gasteiger partial charge on any atom is 0.254 e. The van der Waals surface area contributed by atoms with E-state index in [1.165, 1.54) is 6.20 Å². The summed E-state index contributed by atoms with van der Waals surface area (Å²) < 4.78 is 0. The van der Waals surface area contributed by atoms with Crippen LogP contribution in [0.1, 0.15) is 22.5 Å². The van der Waals surface area contributed by atoms with E-state index in [2.05, 4.69) is 20.4 Å². The van der Waals surface area contributed by atoms with E-state index in [0.717, 1.165) is 10.9 Å². The van der Waals surface area contributed by atoms with Crippen molar-refractivity contribution in [2.75, 3.05) is 13.1 Å². The first-order valence-electron chi connectivity index (χ1n) is 7.11. The van der Waals surface area contributed by atoms with Crippen LogP contribution in [0.5, 0.6) is 0 Å². The zero-order chi connectivity index (χ0) is 15.2. The lowest BCUT2D eigenvalue weighted by Crippen LogP contribution is -2.34. The lowest BCUT2D eigenvalue weighted by molar-refractivity contribution is 0.0382. The molecule has 1 unspecified atom stereocenters. The topological polar surface area (TPSA) is 97.9 Å². The molecule has 1 saturated heterocycles. The van der Waals surface area contributed by atoms with Crippen molar-refractivity contribution >= 4 is 16.8 Å². The molecule has 22 heavy (non-hydrogen) atoms. The van der Waals surface area contributed by atoms with E-state index in [1.54, 1.807) is 4.90 Å². The number of hydrogen-bond acceptors (Lipinski definition) is 4. The van der Waals surface area contributed by atoms with Crippen LogP contribution in [0.4, 0.5) is 0 Å². The fourth-order valence-corrected chi connectivity index (χ4v) is 3.04. The van der Waals surface area contributed by atoms with Gasteiger partial charge < -0.3 is 15.0 Å². The van der Waals surface area contributed by atoms with Gasteiger partial charge in [-0.25, -0.2) is 0 Å². The van der Waals surface area contributed by atoms with Crippen LogP contribution < -0.4 is 0 Å². The number of aromatic nitrogens is 4. The van der Waals surface area contributed by atoms with Gasteiger partial charge in [0.15, 0.2) is 0 Å². The molecule has 1 amide bonds. The Morgan fingerprint density at radius 2 is 2.27 bits per heavy atom. The molecule has 2 aromatic heterocycles. The normalized spacial score (nSPS) is 21.6. The lowest BCUT2D eigenvalue weighted by Gasteiger charge is -2.21. The summed E-state index contributed by atoms with van der Waals surface area (Å²) >= 11 is 0. The number of rotatable bonds is 2. The molecule has 0 saturated carbocycles. The smallest absolute Gasteiger partial charge is 0.254 e. The predicted octanol–water partition coefficient (Wildman–Crippen LogP) is 1.02. The van der Waals surface area contributed by atoms with Crippen molar-refractivity contribution in [2.24, 2.45) is 0 Å². The van der Waals surface area contributed by atoms with Crippen LogP contribution >= 0.6 is 0 Å². The minimum Gasteiger partial charge on any atom is -0.381 e. The molecule has 1 fully saturated rings. The van der Waals surface area contributed by atoms with E-state index in [4.69, 9.17) is 0 Å². The second kappa shape index (κ2) is 4.67. The first-order chi connectivity index (χ1) is 10.7. The molecule has 7 heteroatoms. The van der Waals surface area contributed by atoms with Crippen LogP contribution in [-0.2, 0) is 5.60 Å². The molecule has 4 rings (SSSR count). The Kier molecular flexibility index (Phi) is 2.77. The van der Waals surface area contributed by atoms with Crippen molar-refractivity contribution in [3.8, 4) is 0 Å². The van der Waals surface area contributed by atoms with Crippen molar-refractivity contribution in [3.05, 3.63) is 47.9 Å². The Labute approximate surface area is 125 Å². The molecule has 1 atom stereocenters. The third kappa shape index (κ3) is 1.90. The van der Waals surface area contributed by atoms with Gasteiger partial charge in [0.05, 0.1) is 12.7 Å². The van der Waals surface area contributed by atoms with Crippen molar-refractivity contribution in [3.63, 3.8) is 0 Å². The summed E-state index contributed by atoms with van der Waals surface area (Å²) in [6.07, 6.45) is 3.77. The highest BCUT2D eigenvalue weighted by Gasteiger charge is 2.41. The zero-order valence-corrected chi connectivity index (χ0v) is 11.8. The minimum absolute atomic E-state index is 0.0791. The fourth-order valence-electron chi connectivity index (χ4n) is 3.04. The zero-order valence-electron chi connectivity index (χ0n) is 11.8. The van der Waals surface area contributed by atoms with Gasteiger partial charge in [-0.15, -0.1) is 0 Å². The van der Waals surface area contributed by atoms with Gasteiger partial charge in [-0.05, 0) is 18.2 Å². The number of nitrogens with one attached hydrogen (secondary N) is 2. The van der Waals surface area contributed by atoms with Crippen LogP contribution in [0.15, 0.2) is 36.7 Å². The molecule has 0 spiro atoms. The molecule has 0 radical (unpaired) electrons. The van der Waals surface area contributed by atoms with Crippen LogP contribution in [-0.4, -0.2) is 49.4 Å². The Morgan fingerprint density at radius 1 is 1.36 bits per heavy atom. The number of β-amino-alcohol motifs (C(OH)–C–C–N with tert-alkyl or cyclic N) is 1. The highest BCUT2D eigenvalue weighted by molar-refractivity contribution is 6.06. The fraction of sp³-hybridized carbons (Fsp3) is 0.267. The maximum atomic E-state index is 12.8. The van der Waals surface area contributed by atoms with Crippen LogP contribution in [0.25, 0.3) is 10.9 Å². The van der Waals surface area contributed by atoms with E-state index in [-0.39, 0.29) is 12.5 Å². The average molecular weight is 297 g/mol. The molecule has 1 aromatic carbocycles. The number of fused-ring (bicyclic) bond motifs is 1. The number of carbonyl (C=O) groups is 1. The third-order valence-corrected chi connectivity index (χ3v) is 4.25. The van der Waals surface area contributed by atoms with Gasteiger partial charge in [0.25, 0.3) is 5.91 Å². The van der Waals surface area contributed by atoms with Gasteiger partial charge in [-0.2, -0.15) is 15.4 Å². The Morgan fingerprint density at radius 3 is 3.09 bits per heavy atom. The van der Waals surface area contributed by atoms with Crippen molar-refractivity contribution < 1.29 is 9.90 Å². The molecule has 3 N–H and O–H groups in total. The Hall–Kier alpha value is -2.67. The van der Waals surface area contributed by atoms with Crippen molar-refractivity contribution in [1.29, 1.82) is 0 Å². The molecule has 1 aliphatic rings. The summed E-state index contributed by atoms with van der Waals surface area (Å²) in [5, 5.41) is 21.7. The number of amides is 1. The average Bonchev–Trinajstić information content (AvgIpc) is 3.26. The minimum atomic E-state index is -1.13. The molecule has 112 valence electrons. The van der Waals surface area contributed by atoms with Crippen molar-refractivity contribution in [1.82, 2.24) is 25.3 Å². The summed E-state index contributed by atoms with van der Waals surface area (Å²) in [5.74, 6) is -0.0791. The molecule has 0 bridgehead atoms. The van der Waals surface area contributed by atoms with Gasteiger partial charge in [0, 0.05) is 35.6 Å². The largest absolute Gasteiger partial charge is 0.381 e. The number of H-pyrrole nitrogens is 2. The number of nitrogens with zero attached hydrogens (tertiary/aromatic N) is 3. The highest BCUT2D eigenvalue weighted by Crippen LogP contribution is 2.31. The van der Waals surface area contributed by atoms with Gasteiger partial charge in [-0.1, -0.05) is 6.07 Å². The number of aromatic amines is 2. The van der Waals surface area contributed by atoms with E-state index >= 15 is 0 Å². The number of benzene rings is 1. The lowest BCUT2D eigenvalue weighted by atomic mass is 10.00. The van der Waals surface area contributed by atoms with Crippen molar-refractivity contribution in [2.45, 2.75) is 12.0 Å². The first-order valence-corrected chi connectivity index (χ1v) is 7.11. The standard InChI is InChI=1S/C15H15N5O2/c21-14(11-2-1-3-12-10(11)4-6-16-12)20-7-5-15(22,9-20)13-8-17-19-18-13/h1-4,6,8,16,22H,5,7,9H2,(H,17,18,19). The molecule has 0 aliphatic carbocycles. The third-order valence-electron chi connectivity index (χ3n) is 4.25. The maximum absolute atomic E-state index is 12.8. The number of likely N-dealkylation sites (tertiary alicyclic amines) is 1. The van der Waals surface area contributed by atoms with E-state index in [0.29, 0.717) is 24.2 Å². The summed E-state index contributed by atoms with van der Waals surface area (Å²) in [6.45, 7) is 0.710. The SMILES string of the molecule is O=C(c1cccc2[nH]ccc12)N1CCC(O)(c2cn[nH]n2)C1. The van der Waals surface area contributed by atoms with E-state index < -0.39 is 5.60 Å². The Balaban J connectivity index is 1.64. The predicted molar refractivity (Wildman–Crippen MR) is 79.1 cm³/mol. The number of aliphatic hydroxyl groups is 1. The molecule has 1 aliphatic heterocycles. The summed E-state index contributed by atoms with van der Waals surface area (Å²) in [4.78, 5) is 17.5.